The second-order valence-electron chi connectivity index (χ2n) is 4.50. The van der Waals surface area contributed by atoms with Gasteiger partial charge >= 0.3 is 0 Å². The van der Waals surface area contributed by atoms with Gasteiger partial charge in [0.15, 0.2) is 0 Å². The lowest BCUT2D eigenvalue weighted by atomic mass is 10.1. The molecule has 0 aromatic heterocycles. The maximum atomic E-state index is 13.5. The molecule has 0 aliphatic carbocycles. The molecular weight excluding hydrogens is 289 g/mol. The molecule has 0 atom stereocenters. The molecule has 0 fully saturated rings. The van der Waals surface area contributed by atoms with Crippen molar-refractivity contribution in [2.24, 2.45) is 4.40 Å². The molecule has 0 saturated carbocycles. The fraction of sp³-hybridized carbons (Fsp3) is 0.417. The summed E-state index contributed by atoms with van der Waals surface area (Å²) in [6, 6.07) is 4.88. The standard InChI is InChI=1S/C12H15BrFNS/c1-8(15-16-12(2,3)4)10-7-9(13)5-6-11(10)14/h5-7H,1-4H3. The minimum Gasteiger partial charge on any atom is -0.220 e. The van der Waals surface area contributed by atoms with Gasteiger partial charge in [-0.15, -0.1) is 0 Å². The van der Waals surface area contributed by atoms with Crippen molar-refractivity contribution in [1.29, 1.82) is 0 Å². The van der Waals surface area contributed by atoms with Gasteiger partial charge in [0.25, 0.3) is 0 Å². The molecule has 88 valence electrons. The number of nitrogens with zero attached hydrogens (tertiary/aromatic N) is 1. The zero-order valence-electron chi connectivity index (χ0n) is 9.84. The molecule has 16 heavy (non-hydrogen) atoms. The monoisotopic (exact) mass is 303 g/mol. The minimum absolute atomic E-state index is 0.0454. The van der Waals surface area contributed by atoms with Crippen molar-refractivity contribution in [1.82, 2.24) is 0 Å². The van der Waals surface area contributed by atoms with E-state index >= 15 is 0 Å². The van der Waals surface area contributed by atoms with Crippen molar-refractivity contribution >= 4 is 33.6 Å². The molecule has 0 heterocycles. The van der Waals surface area contributed by atoms with Crippen molar-refractivity contribution < 1.29 is 4.39 Å². The average Bonchev–Trinajstić information content (AvgIpc) is 2.17. The predicted octanol–water partition coefficient (Wildman–Crippen LogP) is 4.84. The largest absolute Gasteiger partial charge is 0.220 e. The predicted molar refractivity (Wildman–Crippen MR) is 73.7 cm³/mol. The molecule has 1 aromatic carbocycles. The molecule has 0 N–H and O–H groups in total. The van der Waals surface area contributed by atoms with E-state index in [0.29, 0.717) is 11.3 Å². The van der Waals surface area contributed by atoms with Crippen LogP contribution in [0.1, 0.15) is 33.3 Å². The number of benzene rings is 1. The molecule has 0 bridgehead atoms. The highest BCUT2D eigenvalue weighted by Crippen LogP contribution is 2.26. The Bertz CT molecular complexity index is 410. The maximum Gasteiger partial charge on any atom is 0.132 e. The highest BCUT2D eigenvalue weighted by Gasteiger charge is 2.12. The first kappa shape index (κ1) is 13.7. The van der Waals surface area contributed by atoms with Crippen molar-refractivity contribution in [3.63, 3.8) is 0 Å². The van der Waals surface area contributed by atoms with E-state index in [2.05, 4.69) is 41.1 Å². The van der Waals surface area contributed by atoms with Crippen molar-refractivity contribution in [2.45, 2.75) is 32.4 Å². The third-order valence-electron chi connectivity index (χ3n) is 1.77. The van der Waals surface area contributed by atoms with Crippen LogP contribution in [0.25, 0.3) is 0 Å². The Morgan fingerprint density at radius 2 is 2.00 bits per heavy atom. The molecule has 0 saturated heterocycles. The Balaban J connectivity index is 2.96. The normalized spacial score (nSPS) is 13.0. The summed E-state index contributed by atoms with van der Waals surface area (Å²) in [5.74, 6) is -0.237. The molecule has 0 spiro atoms. The van der Waals surface area contributed by atoms with Crippen LogP contribution in [0.2, 0.25) is 0 Å². The van der Waals surface area contributed by atoms with E-state index in [1.54, 1.807) is 12.1 Å². The van der Waals surface area contributed by atoms with Crippen LogP contribution in [-0.2, 0) is 0 Å². The molecule has 1 aromatic rings. The summed E-state index contributed by atoms with van der Waals surface area (Å²) >= 11 is 4.78. The highest BCUT2D eigenvalue weighted by atomic mass is 79.9. The van der Waals surface area contributed by atoms with Crippen LogP contribution in [0.15, 0.2) is 27.1 Å². The lowest BCUT2D eigenvalue weighted by Crippen LogP contribution is -2.07. The van der Waals surface area contributed by atoms with Gasteiger partial charge in [0.1, 0.15) is 5.82 Å². The van der Waals surface area contributed by atoms with Crippen LogP contribution >= 0.6 is 27.9 Å². The molecule has 0 radical (unpaired) electrons. The van der Waals surface area contributed by atoms with E-state index < -0.39 is 0 Å². The molecule has 0 aliphatic heterocycles. The van der Waals surface area contributed by atoms with Gasteiger partial charge in [0.05, 0.1) is 5.71 Å². The van der Waals surface area contributed by atoms with Crippen molar-refractivity contribution in [3.8, 4) is 0 Å². The molecule has 0 amide bonds. The summed E-state index contributed by atoms with van der Waals surface area (Å²) in [5, 5.41) is 0. The average molecular weight is 304 g/mol. The van der Waals surface area contributed by atoms with Crippen LogP contribution < -0.4 is 0 Å². The summed E-state index contributed by atoms with van der Waals surface area (Å²) in [4.78, 5) is 0. The molecular formula is C12H15BrFNS. The van der Waals surface area contributed by atoms with Gasteiger partial charge < -0.3 is 0 Å². The van der Waals surface area contributed by atoms with E-state index in [1.165, 1.54) is 18.0 Å². The first-order valence-electron chi connectivity index (χ1n) is 4.98. The fourth-order valence-corrected chi connectivity index (χ4v) is 1.90. The topological polar surface area (TPSA) is 12.4 Å². The summed E-state index contributed by atoms with van der Waals surface area (Å²) < 4.78 is 18.8. The van der Waals surface area contributed by atoms with E-state index in [0.717, 1.165) is 4.47 Å². The highest BCUT2D eigenvalue weighted by molar-refractivity contribution is 9.10. The molecule has 4 heteroatoms. The summed E-state index contributed by atoms with van der Waals surface area (Å²) in [5.41, 5.74) is 1.25. The number of rotatable bonds is 2. The smallest absolute Gasteiger partial charge is 0.132 e. The molecule has 1 rings (SSSR count). The second-order valence-corrected chi connectivity index (χ2v) is 7.01. The number of hydrogen-bond acceptors (Lipinski definition) is 2. The van der Waals surface area contributed by atoms with Crippen LogP contribution in [0.4, 0.5) is 4.39 Å². The fourth-order valence-electron chi connectivity index (χ4n) is 1.03. The Morgan fingerprint density at radius 3 is 2.56 bits per heavy atom. The van der Waals surface area contributed by atoms with E-state index in [9.17, 15) is 4.39 Å². The van der Waals surface area contributed by atoms with Gasteiger partial charge in [-0.2, -0.15) is 0 Å². The maximum absolute atomic E-state index is 13.5. The van der Waals surface area contributed by atoms with E-state index in [4.69, 9.17) is 0 Å². The molecule has 0 aliphatic rings. The Morgan fingerprint density at radius 1 is 1.38 bits per heavy atom. The summed E-state index contributed by atoms with van der Waals surface area (Å²) in [7, 11) is 0. The first-order valence-corrected chi connectivity index (χ1v) is 6.54. The van der Waals surface area contributed by atoms with Crippen LogP contribution in [-0.4, -0.2) is 10.5 Å². The number of halogens is 2. The SMILES string of the molecule is CC(=NSC(C)(C)C)c1cc(Br)ccc1F. The van der Waals surface area contributed by atoms with Crippen LogP contribution in [0.5, 0.6) is 0 Å². The van der Waals surface area contributed by atoms with Gasteiger partial charge in [-0.25, -0.2) is 8.79 Å². The van der Waals surface area contributed by atoms with Crippen molar-refractivity contribution in [2.75, 3.05) is 0 Å². The van der Waals surface area contributed by atoms with Crippen LogP contribution in [0.3, 0.4) is 0 Å². The van der Waals surface area contributed by atoms with E-state index in [-0.39, 0.29) is 10.6 Å². The Kier molecular flexibility index (Phi) is 4.56. The third kappa shape index (κ3) is 4.26. The summed E-state index contributed by atoms with van der Waals surface area (Å²) in [6.45, 7) is 8.05. The number of hydrogen-bond donors (Lipinski definition) is 0. The molecule has 0 unspecified atom stereocenters. The second kappa shape index (κ2) is 5.32. The van der Waals surface area contributed by atoms with Gasteiger partial charge in [-0.3, -0.25) is 0 Å². The van der Waals surface area contributed by atoms with Crippen LogP contribution in [0, 0.1) is 5.82 Å². The Labute approximate surface area is 109 Å². The van der Waals surface area contributed by atoms with Gasteiger partial charge in [-0.1, -0.05) is 15.9 Å². The lowest BCUT2D eigenvalue weighted by Gasteiger charge is -2.13. The zero-order valence-corrected chi connectivity index (χ0v) is 12.2. The third-order valence-corrected chi connectivity index (χ3v) is 3.18. The lowest BCUT2D eigenvalue weighted by molar-refractivity contribution is 0.625. The zero-order chi connectivity index (χ0) is 12.3. The summed E-state index contributed by atoms with van der Waals surface area (Å²) in [6.07, 6.45) is 0. The van der Waals surface area contributed by atoms with E-state index in [1.807, 2.05) is 6.92 Å². The Hall–Kier alpha value is -0.350. The molecule has 1 nitrogen and oxygen atoms in total. The first-order chi connectivity index (χ1) is 7.29. The quantitative estimate of drug-likeness (QED) is 0.562. The van der Waals surface area contributed by atoms with Gasteiger partial charge in [0, 0.05) is 14.8 Å². The van der Waals surface area contributed by atoms with Crippen molar-refractivity contribution in [3.05, 3.63) is 34.1 Å². The van der Waals surface area contributed by atoms with Gasteiger partial charge in [0.2, 0.25) is 0 Å². The minimum atomic E-state index is -0.237. The van der Waals surface area contributed by atoms with Gasteiger partial charge in [-0.05, 0) is 57.8 Å².